The van der Waals surface area contributed by atoms with Gasteiger partial charge >= 0.3 is 0 Å². The number of likely N-dealkylation sites (N-methyl/N-ethyl adjacent to an activating group) is 1. The lowest BCUT2D eigenvalue weighted by Gasteiger charge is -2.36. The summed E-state index contributed by atoms with van der Waals surface area (Å²) in [5.41, 5.74) is 5.47. The van der Waals surface area contributed by atoms with Gasteiger partial charge < -0.3 is 15.2 Å². The molecule has 0 saturated carbocycles. The third kappa shape index (κ3) is 7.42. The molecule has 0 bridgehead atoms. The van der Waals surface area contributed by atoms with Crippen molar-refractivity contribution in [2.75, 3.05) is 12.5 Å². The Kier molecular flexibility index (Phi) is 10.5. The SMILES string of the molecule is C=C(C(NC)C(C)C)N(Nc1cc(CC(BC#N)CC(C)C)ccc1O)[C@@H](C)C=O. The molecule has 0 amide bonds. The fourth-order valence-electron chi connectivity index (χ4n) is 3.83. The fraction of sp³-hybridized carbons (Fsp3) is 0.565. The molecule has 0 radical (unpaired) electrons. The van der Waals surface area contributed by atoms with Gasteiger partial charge in [0.25, 0.3) is 7.28 Å². The third-order valence-corrected chi connectivity index (χ3v) is 5.26. The quantitative estimate of drug-likeness (QED) is 0.198. The molecule has 1 rings (SSSR count). The second-order valence-corrected chi connectivity index (χ2v) is 8.77. The van der Waals surface area contributed by atoms with Gasteiger partial charge in [0, 0.05) is 5.70 Å². The van der Waals surface area contributed by atoms with Crippen molar-refractivity contribution >= 4 is 19.3 Å². The zero-order chi connectivity index (χ0) is 22.8. The molecule has 1 aromatic rings. The van der Waals surface area contributed by atoms with Crippen molar-refractivity contribution in [2.45, 2.75) is 65.4 Å². The molecule has 0 aliphatic rings. The first-order valence-electron chi connectivity index (χ1n) is 10.7. The van der Waals surface area contributed by atoms with Crippen LogP contribution in [0, 0.1) is 23.1 Å². The van der Waals surface area contributed by atoms with Crippen molar-refractivity contribution in [3.63, 3.8) is 0 Å². The number of benzene rings is 1. The lowest BCUT2D eigenvalue weighted by molar-refractivity contribution is -0.111. The van der Waals surface area contributed by atoms with E-state index in [0.717, 1.165) is 30.4 Å². The zero-order valence-electron chi connectivity index (χ0n) is 19.3. The number of carbonyl (C=O) groups excluding carboxylic acids is 1. The van der Waals surface area contributed by atoms with E-state index in [1.54, 1.807) is 18.0 Å². The maximum atomic E-state index is 11.6. The Hall–Kier alpha value is -2.46. The van der Waals surface area contributed by atoms with Gasteiger partial charge in [0.1, 0.15) is 18.1 Å². The maximum Gasteiger partial charge on any atom is 0.253 e. The van der Waals surface area contributed by atoms with Crippen LogP contribution in [-0.2, 0) is 11.2 Å². The Morgan fingerprint density at radius 3 is 2.50 bits per heavy atom. The summed E-state index contributed by atoms with van der Waals surface area (Å²) < 4.78 is 0. The summed E-state index contributed by atoms with van der Waals surface area (Å²) in [6.45, 7) is 14.5. The minimum Gasteiger partial charge on any atom is -0.506 e. The predicted molar refractivity (Wildman–Crippen MR) is 126 cm³/mol. The first-order chi connectivity index (χ1) is 14.1. The minimum atomic E-state index is -0.470. The molecule has 6 nitrogen and oxygen atoms in total. The van der Waals surface area contributed by atoms with E-state index < -0.39 is 6.04 Å². The predicted octanol–water partition coefficient (Wildman–Crippen LogP) is 3.66. The number of anilines is 1. The van der Waals surface area contributed by atoms with Gasteiger partial charge in [-0.3, -0.25) is 10.4 Å². The molecule has 3 N–H and O–H groups in total. The Morgan fingerprint density at radius 1 is 1.33 bits per heavy atom. The minimum absolute atomic E-state index is 0.0312. The fourth-order valence-corrected chi connectivity index (χ4v) is 3.83. The highest BCUT2D eigenvalue weighted by Gasteiger charge is 2.25. The number of aldehydes is 1. The van der Waals surface area contributed by atoms with Crippen molar-refractivity contribution in [3.05, 3.63) is 36.0 Å². The van der Waals surface area contributed by atoms with Gasteiger partial charge in [-0.1, -0.05) is 46.8 Å². The number of nitrogens with zero attached hydrogens (tertiary/aromatic N) is 2. The number of hydrogen-bond acceptors (Lipinski definition) is 6. The standard InChI is InChI=1S/C23H37BN4O2/c1-15(2)10-20(24-14-25)11-19-8-9-22(30)21(12-19)27-28(17(5)13-29)18(6)23(26-7)16(3)4/h8-9,12-13,15-17,20,23-24,26-27,30H,6,10-11H2,1-5,7H3/t17-,20?,23?/m0/s1. The van der Waals surface area contributed by atoms with E-state index in [2.05, 4.69) is 51.0 Å². The lowest BCUT2D eigenvalue weighted by Crippen LogP contribution is -2.46. The van der Waals surface area contributed by atoms with Crippen LogP contribution in [0.15, 0.2) is 30.5 Å². The summed E-state index contributed by atoms with van der Waals surface area (Å²) in [5.74, 6) is 3.44. The van der Waals surface area contributed by atoms with E-state index in [1.165, 1.54) is 0 Å². The number of aromatic hydroxyl groups is 1. The molecule has 0 aliphatic heterocycles. The maximum absolute atomic E-state index is 11.6. The molecular formula is C23H37BN4O2. The molecule has 0 saturated heterocycles. The summed E-state index contributed by atoms with van der Waals surface area (Å²) in [4.78, 5) is 11.6. The molecule has 7 heteroatoms. The normalized spacial score (nSPS) is 14.0. The van der Waals surface area contributed by atoms with Gasteiger partial charge in [0.2, 0.25) is 0 Å². The molecule has 1 aromatic carbocycles. The van der Waals surface area contributed by atoms with Crippen molar-refractivity contribution in [3.8, 4) is 11.7 Å². The highest BCUT2D eigenvalue weighted by molar-refractivity contribution is 6.46. The van der Waals surface area contributed by atoms with E-state index in [1.807, 2.05) is 19.2 Å². The smallest absolute Gasteiger partial charge is 0.253 e. The van der Waals surface area contributed by atoms with E-state index >= 15 is 0 Å². The van der Waals surface area contributed by atoms with Crippen molar-refractivity contribution in [1.82, 2.24) is 10.3 Å². The Balaban J connectivity index is 3.15. The number of hydrogen-bond donors (Lipinski definition) is 3. The number of rotatable bonds is 13. The van der Waals surface area contributed by atoms with E-state index in [9.17, 15) is 9.90 Å². The van der Waals surface area contributed by atoms with Crippen LogP contribution in [0.4, 0.5) is 5.69 Å². The lowest BCUT2D eigenvalue weighted by atomic mass is 9.61. The van der Waals surface area contributed by atoms with Crippen molar-refractivity contribution in [1.29, 1.82) is 5.26 Å². The Bertz CT molecular complexity index is 745. The van der Waals surface area contributed by atoms with Crippen LogP contribution >= 0.6 is 0 Å². The number of nitriles is 1. The molecule has 0 fully saturated rings. The summed E-state index contributed by atoms with van der Waals surface area (Å²) in [6, 6.07) is 4.93. The monoisotopic (exact) mass is 412 g/mol. The largest absolute Gasteiger partial charge is 0.506 e. The molecular weight excluding hydrogens is 375 g/mol. The van der Waals surface area contributed by atoms with Crippen molar-refractivity contribution in [2.24, 2.45) is 11.8 Å². The van der Waals surface area contributed by atoms with Crippen LogP contribution in [0.25, 0.3) is 0 Å². The molecule has 0 aromatic heterocycles. The number of phenols is 1. The first kappa shape index (κ1) is 25.6. The summed E-state index contributed by atoms with van der Waals surface area (Å²) in [5, 5.41) is 24.5. The number of nitrogens with one attached hydrogen (secondary N) is 2. The summed E-state index contributed by atoms with van der Waals surface area (Å²) in [7, 11) is 2.37. The number of carbonyl (C=O) groups is 1. The molecule has 0 heterocycles. The molecule has 2 unspecified atom stereocenters. The summed E-state index contributed by atoms with van der Waals surface area (Å²) >= 11 is 0. The van der Waals surface area contributed by atoms with Crippen LogP contribution in [0.3, 0.4) is 0 Å². The van der Waals surface area contributed by atoms with Crippen LogP contribution in [-0.4, -0.2) is 42.8 Å². The zero-order valence-corrected chi connectivity index (χ0v) is 19.3. The number of phenolic OH excluding ortho intramolecular Hbond substituents is 1. The van der Waals surface area contributed by atoms with E-state index in [0.29, 0.717) is 18.9 Å². The molecule has 30 heavy (non-hydrogen) atoms. The molecule has 0 aliphatic carbocycles. The molecule has 164 valence electrons. The topological polar surface area (TPSA) is 88.4 Å². The van der Waals surface area contributed by atoms with Gasteiger partial charge in [-0.25, -0.2) is 5.26 Å². The van der Waals surface area contributed by atoms with Gasteiger partial charge in [-0.05, 0) is 61.7 Å². The van der Waals surface area contributed by atoms with Gasteiger partial charge in [-0.15, -0.1) is 0 Å². The van der Waals surface area contributed by atoms with Crippen LogP contribution in [0.2, 0.25) is 5.82 Å². The van der Waals surface area contributed by atoms with Crippen LogP contribution in [0.1, 0.15) is 46.6 Å². The Labute approximate surface area is 182 Å². The summed E-state index contributed by atoms with van der Waals surface area (Å²) in [6.07, 6.45) is 2.58. The first-order valence-corrected chi connectivity index (χ1v) is 10.7. The second kappa shape index (κ2) is 12.3. The highest BCUT2D eigenvalue weighted by atomic mass is 16.3. The molecule has 0 spiro atoms. The second-order valence-electron chi connectivity index (χ2n) is 8.77. The van der Waals surface area contributed by atoms with Crippen LogP contribution < -0.4 is 10.7 Å². The van der Waals surface area contributed by atoms with E-state index in [-0.39, 0.29) is 23.5 Å². The average molecular weight is 412 g/mol. The Morgan fingerprint density at radius 2 is 2.00 bits per heavy atom. The third-order valence-electron chi connectivity index (χ3n) is 5.26. The molecule has 3 atom stereocenters. The van der Waals surface area contributed by atoms with Gasteiger partial charge in [0.15, 0.2) is 0 Å². The average Bonchev–Trinajstić information content (AvgIpc) is 2.67. The number of hydrazine groups is 1. The van der Waals surface area contributed by atoms with Crippen molar-refractivity contribution < 1.29 is 9.90 Å². The highest BCUT2D eigenvalue weighted by Crippen LogP contribution is 2.30. The van der Waals surface area contributed by atoms with Gasteiger partial charge in [-0.2, -0.15) is 0 Å². The van der Waals surface area contributed by atoms with E-state index in [4.69, 9.17) is 5.26 Å². The van der Waals surface area contributed by atoms with Crippen LogP contribution in [0.5, 0.6) is 5.75 Å². The van der Waals surface area contributed by atoms with Gasteiger partial charge in [0.05, 0.1) is 11.7 Å².